The minimum atomic E-state index is -0.880. The van der Waals surface area contributed by atoms with Crippen LogP contribution in [0.2, 0.25) is 0 Å². The van der Waals surface area contributed by atoms with E-state index in [2.05, 4.69) is 15.7 Å². The first kappa shape index (κ1) is 20.2. The lowest BCUT2D eigenvalue weighted by Gasteiger charge is -2.08. The summed E-state index contributed by atoms with van der Waals surface area (Å²) in [5.74, 6) is -0.929. The summed E-state index contributed by atoms with van der Waals surface area (Å²) in [6, 6.07) is 5.87. The van der Waals surface area contributed by atoms with Crippen LogP contribution in [-0.2, 0) is 13.6 Å². The fraction of sp³-hybridized carbons (Fsp3) is 0.118. The zero-order valence-electron chi connectivity index (χ0n) is 15.4. The van der Waals surface area contributed by atoms with Gasteiger partial charge < -0.3 is 15.1 Å². The number of carbonyl (C=O) groups excluding carboxylic acids is 2. The van der Waals surface area contributed by atoms with Crippen molar-refractivity contribution in [2.45, 2.75) is 6.54 Å². The number of aryl methyl sites for hydroxylation is 1. The van der Waals surface area contributed by atoms with Crippen molar-refractivity contribution in [1.82, 2.24) is 15.1 Å². The summed E-state index contributed by atoms with van der Waals surface area (Å²) in [6.07, 6.45) is 2.67. The van der Waals surface area contributed by atoms with Gasteiger partial charge in [-0.1, -0.05) is 0 Å². The number of hydrogen-bond donors (Lipinski definition) is 2. The number of carbonyl (C=O) groups is 2. The largest absolute Gasteiger partial charge is 0.467 e. The number of rotatable bonds is 7. The maximum Gasteiger partial charge on any atom is 0.277 e. The molecule has 3 rings (SSSR count). The highest BCUT2D eigenvalue weighted by molar-refractivity contribution is 6.08. The molecule has 3 aromatic rings. The van der Waals surface area contributed by atoms with E-state index in [4.69, 9.17) is 4.42 Å². The van der Waals surface area contributed by atoms with Crippen LogP contribution < -0.4 is 10.6 Å². The molecule has 2 N–H and O–H groups in total. The van der Waals surface area contributed by atoms with E-state index < -0.39 is 33.0 Å². The van der Waals surface area contributed by atoms with Gasteiger partial charge in [0.25, 0.3) is 23.2 Å². The molecule has 1 aromatic carbocycles. The van der Waals surface area contributed by atoms with Gasteiger partial charge in [-0.05, 0) is 12.1 Å². The Bertz CT molecular complexity index is 1100. The van der Waals surface area contributed by atoms with Crippen molar-refractivity contribution in [2.75, 3.05) is 5.32 Å². The zero-order chi connectivity index (χ0) is 21.8. The van der Waals surface area contributed by atoms with Gasteiger partial charge in [-0.3, -0.25) is 34.5 Å². The monoisotopic (exact) mass is 414 g/mol. The Labute approximate surface area is 167 Å². The summed E-state index contributed by atoms with van der Waals surface area (Å²) >= 11 is 0. The first-order valence-electron chi connectivity index (χ1n) is 8.34. The molecular formula is C17H14N6O7. The molecular weight excluding hydrogens is 400 g/mol. The van der Waals surface area contributed by atoms with Gasteiger partial charge in [-0.15, -0.1) is 0 Å². The molecule has 0 saturated carbocycles. The van der Waals surface area contributed by atoms with E-state index in [1.807, 2.05) is 0 Å². The van der Waals surface area contributed by atoms with Crippen molar-refractivity contribution in [3.8, 4) is 0 Å². The maximum absolute atomic E-state index is 12.6. The molecule has 0 unspecified atom stereocenters. The topological polar surface area (TPSA) is 175 Å². The number of hydrogen-bond acceptors (Lipinski definition) is 8. The molecule has 13 nitrogen and oxygen atoms in total. The lowest BCUT2D eigenvalue weighted by Crippen LogP contribution is -2.26. The van der Waals surface area contributed by atoms with Gasteiger partial charge in [0.15, 0.2) is 0 Å². The number of anilines is 1. The normalized spacial score (nSPS) is 10.4. The predicted octanol–water partition coefficient (Wildman–Crippen LogP) is 2.01. The second-order valence-electron chi connectivity index (χ2n) is 6.00. The van der Waals surface area contributed by atoms with Crippen LogP contribution in [0.1, 0.15) is 26.6 Å². The van der Waals surface area contributed by atoms with E-state index in [-0.39, 0.29) is 23.5 Å². The Hall–Kier alpha value is -4.55. The van der Waals surface area contributed by atoms with E-state index >= 15 is 0 Å². The molecule has 13 heteroatoms. The number of nitrogens with one attached hydrogen (secondary N) is 2. The van der Waals surface area contributed by atoms with Crippen molar-refractivity contribution in [2.24, 2.45) is 7.05 Å². The van der Waals surface area contributed by atoms with Crippen LogP contribution in [-0.4, -0.2) is 31.4 Å². The Balaban J connectivity index is 1.83. The summed E-state index contributed by atoms with van der Waals surface area (Å²) < 4.78 is 6.35. The van der Waals surface area contributed by atoms with Gasteiger partial charge in [0.2, 0.25) is 0 Å². The SMILES string of the molecule is Cn1ncc(NC(=O)c2cc([N+](=O)[O-])cc([N+](=O)[O-])c2)c1C(=O)NCc1ccco1. The average molecular weight is 414 g/mol. The number of amides is 2. The third kappa shape index (κ3) is 4.30. The van der Waals surface area contributed by atoms with Crippen molar-refractivity contribution in [3.63, 3.8) is 0 Å². The molecule has 2 heterocycles. The van der Waals surface area contributed by atoms with E-state index in [0.29, 0.717) is 5.76 Å². The van der Waals surface area contributed by atoms with Crippen LogP contribution in [0.3, 0.4) is 0 Å². The summed E-state index contributed by atoms with van der Waals surface area (Å²) in [7, 11) is 1.48. The molecule has 2 amide bonds. The zero-order valence-corrected chi connectivity index (χ0v) is 15.4. The number of furan rings is 1. The number of nitro benzene ring substituents is 2. The second kappa shape index (κ2) is 8.22. The minimum Gasteiger partial charge on any atom is -0.467 e. The van der Waals surface area contributed by atoms with Gasteiger partial charge in [0.1, 0.15) is 11.5 Å². The molecule has 30 heavy (non-hydrogen) atoms. The fourth-order valence-electron chi connectivity index (χ4n) is 2.59. The molecule has 0 atom stereocenters. The predicted molar refractivity (Wildman–Crippen MR) is 101 cm³/mol. The van der Waals surface area contributed by atoms with Crippen molar-refractivity contribution < 1.29 is 23.9 Å². The molecule has 0 radical (unpaired) electrons. The van der Waals surface area contributed by atoms with E-state index in [9.17, 15) is 29.8 Å². The van der Waals surface area contributed by atoms with Crippen LogP contribution in [0.15, 0.2) is 47.2 Å². The number of nitrogens with zero attached hydrogens (tertiary/aromatic N) is 4. The van der Waals surface area contributed by atoms with Gasteiger partial charge in [0.05, 0.1) is 46.2 Å². The molecule has 154 valence electrons. The van der Waals surface area contributed by atoms with E-state index in [1.165, 1.54) is 24.2 Å². The lowest BCUT2D eigenvalue weighted by atomic mass is 10.1. The third-order valence-electron chi connectivity index (χ3n) is 3.99. The highest BCUT2D eigenvalue weighted by Crippen LogP contribution is 2.24. The highest BCUT2D eigenvalue weighted by Gasteiger charge is 2.23. The van der Waals surface area contributed by atoms with Crippen LogP contribution in [0.5, 0.6) is 0 Å². The molecule has 0 bridgehead atoms. The molecule has 0 aliphatic heterocycles. The van der Waals surface area contributed by atoms with Crippen LogP contribution in [0.25, 0.3) is 0 Å². The first-order chi connectivity index (χ1) is 14.3. The number of non-ortho nitro benzene ring substituents is 2. The summed E-state index contributed by atoms with van der Waals surface area (Å²) in [5, 5.41) is 30.9. The smallest absolute Gasteiger partial charge is 0.277 e. The molecule has 0 spiro atoms. The number of aromatic nitrogens is 2. The average Bonchev–Trinajstić information content (AvgIpc) is 3.35. The van der Waals surface area contributed by atoms with Gasteiger partial charge in [-0.25, -0.2) is 0 Å². The Morgan fingerprint density at radius 3 is 2.37 bits per heavy atom. The summed E-state index contributed by atoms with van der Waals surface area (Å²) in [5.41, 5.74) is -1.51. The summed E-state index contributed by atoms with van der Waals surface area (Å²) in [4.78, 5) is 45.4. The van der Waals surface area contributed by atoms with Gasteiger partial charge >= 0.3 is 0 Å². The first-order valence-corrected chi connectivity index (χ1v) is 8.34. The molecule has 0 aliphatic rings. The van der Waals surface area contributed by atoms with Crippen molar-refractivity contribution in [1.29, 1.82) is 0 Å². The third-order valence-corrected chi connectivity index (χ3v) is 3.99. The molecule has 0 fully saturated rings. The Morgan fingerprint density at radius 1 is 1.13 bits per heavy atom. The molecule has 0 aliphatic carbocycles. The van der Waals surface area contributed by atoms with Gasteiger partial charge in [-0.2, -0.15) is 5.10 Å². The summed E-state index contributed by atoms with van der Waals surface area (Å²) in [6.45, 7) is 0.0987. The van der Waals surface area contributed by atoms with Crippen molar-refractivity contribution in [3.05, 3.63) is 80.0 Å². The van der Waals surface area contributed by atoms with Crippen LogP contribution in [0.4, 0.5) is 17.1 Å². The fourth-order valence-corrected chi connectivity index (χ4v) is 2.59. The van der Waals surface area contributed by atoms with Crippen molar-refractivity contribution >= 4 is 28.9 Å². The Morgan fingerprint density at radius 2 is 1.80 bits per heavy atom. The standard InChI is InChI=1S/C17H14N6O7/c1-21-15(17(25)18-8-13-3-2-4-30-13)14(9-19-21)20-16(24)10-5-11(22(26)27)7-12(6-10)23(28)29/h2-7,9H,8H2,1H3,(H,18,25)(H,20,24). The minimum absolute atomic E-state index is 0.00911. The molecule has 2 aromatic heterocycles. The second-order valence-corrected chi connectivity index (χ2v) is 6.00. The highest BCUT2D eigenvalue weighted by atomic mass is 16.6. The number of nitro groups is 2. The quantitative estimate of drug-likeness (QED) is 0.436. The van der Waals surface area contributed by atoms with Gasteiger partial charge in [0, 0.05) is 19.2 Å². The van der Waals surface area contributed by atoms with E-state index in [1.54, 1.807) is 12.1 Å². The number of benzene rings is 1. The van der Waals surface area contributed by atoms with E-state index in [0.717, 1.165) is 18.2 Å². The van der Waals surface area contributed by atoms with Crippen LogP contribution >= 0.6 is 0 Å². The Kier molecular flexibility index (Phi) is 5.53. The lowest BCUT2D eigenvalue weighted by molar-refractivity contribution is -0.394. The molecule has 0 saturated heterocycles. The maximum atomic E-state index is 12.6. The van der Waals surface area contributed by atoms with Crippen LogP contribution in [0, 0.1) is 20.2 Å².